The van der Waals surface area contributed by atoms with Gasteiger partial charge in [-0.3, -0.25) is 14.9 Å². The molecule has 0 bridgehead atoms. The highest BCUT2D eigenvalue weighted by molar-refractivity contribution is 7.14. The van der Waals surface area contributed by atoms with Gasteiger partial charge in [-0.05, 0) is 26.7 Å². The van der Waals surface area contributed by atoms with Gasteiger partial charge in [0.25, 0.3) is 5.91 Å². The quantitative estimate of drug-likeness (QED) is 0.834. The van der Waals surface area contributed by atoms with Crippen LogP contribution in [0.5, 0.6) is 0 Å². The van der Waals surface area contributed by atoms with Crippen LogP contribution in [0.4, 0.5) is 9.93 Å². The van der Waals surface area contributed by atoms with Gasteiger partial charge in [0, 0.05) is 11.3 Å². The molecule has 0 radical (unpaired) electrons. The van der Waals surface area contributed by atoms with E-state index in [0.717, 1.165) is 23.4 Å². The SMILES string of the molecule is CC1(C)C(=O)NC(=O)N(c2nc(C3CC3)cs2)C1=O. The molecule has 0 spiro atoms. The Hall–Kier alpha value is -1.76. The fourth-order valence-corrected chi connectivity index (χ4v) is 2.80. The monoisotopic (exact) mass is 279 g/mol. The lowest BCUT2D eigenvalue weighted by molar-refractivity contribution is -0.140. The summed E-state index contributed by atoms with van der Waals surface area (Å²) in [6.45, 7) is 3.00. The van der Waals surface area contributed by atoms with Crippen molar-refractivity contribution in [1.82, 2.24) is 10.3 Å². The number of amides is 4. The van der Waals surface area contributed by atoms with Crippen molar-refractivity contribution < 1.29 is 14.4 Å². The lowest BCUT2D eigenvalue weighted by Crippen LogP contribution is -2.62. The fourth-order valence-electron chi connectivity index (χ4n) is 1.90. The Kier molecular flexibility index (Phi) is 2.50. The van der Waals surface area contributed by atoms with Crippen molar-refractivity contribution in [2.75, 3.05) is 4.90 Å². The van der Waals surface area contributed by atoms with Crippen LogP contribution in [0.3, 0.4) is 0 Å². The molecule has 3 rings (SSSR count). The van der Waals surface area contributed by atoms with E-state index in [-0.39, 0.29) is 0 Å². The average molecular weight is 279 g/mol. The lowest BCUT2D eigenvalue weighted by Gasteiger charge is -2.32. The minimum Gasteiger partial charge on any atom is -0.276 e. The summed E-state index contributed by atoms with van der Waals surface area (Å²) in [6, 6.07) is -0.717. The second kappa shape index (κ2) is 3.86. The summed E-state index contributed by atoms with van der Waals surface area (Å²) >= 11 is 1.26. The van der Waals surface area contributed by atoms with Crippen LogP contribution in [0.25, 0.3) is 0 Å². The van der Waals surface area contributed by atoms with Gasteiger partial charge in [-0.25, -0.2) is 14.7 Å². The van der Waals surface area contributed by atoms with Gasteiger partial charge in [-0.2, -0.15) is 0 Å². The smallest absolute Gasteiger partial charge is 0.276 e. The number of hydrogen-bond acceptors (Lipinski definition) is 5. The highest BCUT2D eigenvalue weighted by Gasteiger charge is 2.48. The van der Waals surface area contributed by atoms with Crippen LogP contribution in [0.15, 0.2) is 5.38 Å². The molecular formula is C12H13N3O3S. The van der Waals surface area contributed by atoms with Crippen molar-refractivity contribution in [2.24, 2.45) is 5.41 Å². The fraction of sp³-hybridized carbons (Fsp3) is 0.500. The number of barbiturate groups is 1. The second-order valence-corrected chi connectivity index (χ2v) is 6.19. The summed E-state index contributed by atoms with van der Waals surface area (Å²) in [5, 5.41) is 4.41. The zero-order valence-electron chi connectivity index (χ0n) is 10.6. The van der Waals surface area contributed by atoms with Gasteiger partial charge in [0.15, 0.2) is 0 Å². The van der Waals surface area contributed by atoms with Gasteiger partial charge in [0.2, 0.25) is 11.0 Å². The van der Waals surface area contributed by atoms with Crippen LogP contribution in [-0.4, -0.2) is 22.8 Å². The predicted molar refractivity (Wildman–Crippen MR) is 68.9 cm³/mol. The number of carbonyl (C=O) groups excluding carboxylic acids is 3. The third-order valence-electron chi connectivity index (χ3n) is 3.43. The van der Waals surface area contributed by atoms with E-state index >= 15 is 0 Å². The van der Waals surface area contributed by atoms with Gasteiger partial charge in [0.05, 0.1) is 5.69 Å². The minimum absolute atomic E-state index is 0.338. The molecule has 1 aromatic rings. The molecule has 1 saturated carbocycles. The number of rotatable bonds is 2. The maximum atomic E-state index is 12.3. The van der Waals surface area contributed by atoms with E-state index in [2.05, 4.69) is 10.3 Å². The molecule has 19 heavy (non-hydrogen) atoms. The number of anilines is 1. The Morgan fingerprint density at radius 2 is 2.05 bits per heavy atom. The molecule has 1 N–H and O–H groups in total. The van der Waals surface area contributed by atoms with Gasteiger partial charge >= 0.3 is 6.03 Å². The van der Waals surface area contributed by atoms with E-state index in [4.69, 9.17) is 0 Å². The Bertz CT molecular complexity index is 589. The van der Waals surface area contributed by atoms with Crippen molar-refractivity contribution in [2.45, 2.75) is 32.6 Å². The van der Waals surface area contributed by atoms with E-state index in [1.165, 1.54) is 25.2 Å². The molecule has 2 heterocycles. The summed E-state index contributed by atoms with van der Waals surface area (Å²) < 4.78 is 0. The van der Waals surface area contributed by atoms with Crippen LogP contribution in [0.2, 0.25) is 0 Å². The predicted octanol–water partition coefficient (Wildman–Crippen LogP) is 1.63. The van der Waals surface area contributed by atoms with E-state index in [0.29, 0.717) is 11.0 Å². The van der Waals surface area contributed by atoms with Crippen molar-refractivity contribution in [3.63, 3.8) is 0 Å². The van der Waals surface area contributed by atoms with Crippen LogP contribution in [-0.2, 0) is 9.59 Å². The molecule has 1 aromatic heterocycles. The zero-order chi connectivity index (χ0) is 13.8. The second-order valence-electron chi connectivity index (χ2n) is 5.35. The van der Waals surface area contributed by atoms with Crippen molar-refractivity contribution in [3.05, 3.63) is 11.1 Å². The van der Waals surface area contributed by atoms with Crippen LogP contribution in [0.1, 0.15) is 38.3 Å². The van der Waals surface area contributed by atoms with Crippen molar-refractivity contribution >= 4 is 34.3 Å². The molecule has 6 nitrogen and oxygen atoms in total. The van der Waals surface area contributed by atoms with Crippen LogP contribution >= 0.6 is 11.3 Å². The molecular weight excluding hydrogens is 266 g/mol. The van der Waals surface area contributed by atoms with E-state index in [1.807, 2.05) is 5.38 Å². The standard InChI is InChI=1S/C12H13N3O3S/c1-12(2)8(16)14-10(18)15(9(12)17)11-13-7(5-19-11)6-3-4-6/h5-6H,3-4H2,1-2H3,(H,14,16,18). The number of nitrogens with one attached hydrogen (secondary N) is 1. The van der Waals surface area contributed by atoms with Crippen molar-refractivity contribution in [1.29, 1.82) is 0 Å². The van der Waals surface area contributed by atoms with Crippen LogP contribution < -0.4 is 10.2 Å². The number of carbonyl (C=O) groups is 3. The lowest BCUT2D eigenvalue weighted by atomic mass is 9.89. The van der Waals surface area contributed by atoms with Gasteiger partial charge < -0.3 is 0 Å². The normalized spacial score (nSPS) is 22.6. The third kappa shape index (κ3) is 1.85. The molecule has 0 aromatic carbocycles. The van der Waals surface area contributed by atoms with Gasteiger partial charge in [-0.1, -0.05) is 0 Å². The summed E-state index contributed by atoms with van der Waals surface area (Å²) in [5.41, 5.74) is -0.324. The molecule has 2 fully saturated rings. The molecule has 1 aliphatic carbocycles. The molecule has 4 amide bonds. The highest BCUT2D eigenvalue weighted by Crippen LogP contribution is 2.42. The van der Waals surface area contributed by atoms with E-state index in [1.54, 1.807) is 0 Å². The summed E-state index contributed by atoms with van der Waals surface area (Å²) in [7, 11) is 0. The molecule has 0 unspecified atom stereocenters. The first kappa shape index (κ1) is 12.3. The van der Waals surface area contributed by atoms with Gasteiger partial charge in [0.1, 0.15) is 5.41 Å². The van der Waals surface area contributed by atoms with Crippen molar-refractivity contribution in [3.8, 4) is 0 Å². The highest BCUT2D eigenvalue weighted by atomic mass is 32.1. The summed E-state index contributed by atoms with van der Waals surface area (Å²) in [6.07, 6.45) is 2.21. The number of urea groups is 1. The summed E-state index contributed by atoms with van der Waals surface area (Å²) in [4.78, 5) is 41.1. The first-order valence-corrected chi connectivity index (χ1v) is 6.94. The number of nitrogens with zero attached hydrogens (tertiary/aromatic N) is 2. The zero-order valence-corrected chi connectivity index (χ0v) is 11.4. The van der Waals surface area contributed by atoms with E-state index in [9.17, 15) is 14.4 Å². The number of aromatic nitrogens is 1. The van der Waals surface area contributed by atoms with Crippen LogP contribution in [0, 0.1) is 5.41 Å². The molecule has 1 aliphatic heterocycles. The topological polar surface area (TPSA) is 79.4 Å². The largest absolute Gasteiger partial charge is 0.337 e. The average Bonchev–Trinajstić information content (AvgIpc) is 3.08. The molecule has 7 heteroatoms. The van der Waals surface area contributed by atoms with E-state index < -0.39 is 23.3 Å². The maximum Gasteiger partial charge on any atom is 0.337 e. The third-order valence-corrected chi connectivity index (χ3v) is 4.27. The first-order chi connectivity index (χ1) is 8.91. The Morgan fingerprint density at radius 3 is 2.68 bits per heavy atom. The minimum atomic E-state index is -1.25. The summed E-state index contributed by atoms with van der Waals surface area (Å²) in [5.74, 6) is -0.640. The molecule has 100 valence electrons. The molecule has 0 atom stereocenters. The Balaban J connectivity index is 1.95. The number of hydrogen-bond donors (Lipinski definition) is 1. The first-order valence-electron chi connectivity index (χ1n) is 6.06. The number of imide groups is 2. The van der Waals surface area contributed by atoms with Gasteiger partial charge in [-0.15, -0.1) is 11.3 Å². The Morgan fingerprint density at radius 1 is 1.37 bits per heavy atom. The number of thiazole rings is 1. The molecule has 2 aliphatic rings. The maximum absolute atomic E-state index is 12.3. The Labute approximate surface area is 113 Å². The molecule has 1 saturated heterocycles.